The minimum absolute atomic E-state index is 0.196. The summed E-state index contributed by atoms with van der Waals surface area (Å²) in [4.78, 5) is 14.1. The lowest BCUT2D eigenvalue weighted by Gasteiger charge is -2.30. The molecule has 0 aromatic heterocycles. The molecule has 0 aliphatic carbocycles. The van der Waals surface area contributed by atoms with E-state index < -0.39 is 5.54 Å². The van der Waals surface area contributed by atoms with E-state index in [-0.39, 0.29) is 12.1 Å². The van der Waals surface area contributed by atoms with E-state index in [1.807, 2.05) is 27.8 Å². The molecule has 5 nitrogen and oxygen atoms in total. The Bertz CT molecular complexity index is 272. The molecule has 0 aliphatic heterocycles. The summed E-state index contributed by atoms with van der Waals surface area (Å²) in [5.74, 6) is -0.196. The first-order chi connectivity index (χ1) is 9.35. The summed E-state index contributed by atoms with van der Waals surface area (Å²) in [7, 11) is 3.48. The molecular formula is C15H32N2O3. The first kappa shape index (κ1) is 19.4. The Balaban J connectivity index is 4.21. The molecule has 120 valence electrons. The van der Waals surface area contributed by atoms with Crippen LogP contribution in [0, 0.1) is 0 Å². The Hall–Kier alpha value is -0.650. The van der Waals surface area contributed by atoms with Gasteiger partial charge in [0, 0.05) is 13.1 Å². The fraction of sp³-hybridized carbons (Fsp3) is 0.933. The number of carbonyl (C=O) groups excluding carboxylic acids is 1. The lowest BCUT2D eigenvalue weighted by molar-refractivity contribution is -0.148. The van der Waals surface area contributed by atoms with Gasteiger partial charge in [0.2, 0.25) is 0 Å². The van der Waals surface area contributed by atoms with Crippen molar-refractivity contribution in [3.05, 3.63) is 0 Å². The predicted octanol–water partition coefficient (Wildman–Crippen LogP) is 1.66. The Labute approximate surface area is 124 Å². The average Bonchev–Trinajstić information content (AvgIpc) is 2.41. The van der Waals surface area contributed by atoms with Crippen molar-refractivity contribution < 1.29 is 14.3 Å². The molecule has 20 heavy (non-hydrogen) atoms. The molecule has 0 fully saturated rings. The maximum atomic E-state index is 11.9. The van der Waals surface area contributed by atoms with Gasteiger partial charge in [-0.05, 0) is 47.2 Å². The minimum atomic E-state index is -0.613. The SMILES string of the molecule is CCCNC(C)(CCN(C)CCOC(C)C)C(=O)OC. The summed E-state index contributed by atoms with van der Waals surface area (Å²) in [6, 6.07) is 0. The molecule has 0 saturated carbocycles. The number of rotatable bonds is 11. The van der Waals surface area contributed by atoms with E-state index in [1.165, 1.54) is 7.11 Å². The highest BCUT2D eigenvalue weighted by Gasteiger charge is 2.33. The normalized spacial score (nSPS) is 14.6. The van der Waals surface area contributed by atoms with E-state index in [9.17, 15) is 4.79 Å². The quantitative estimate of drug-likeness (QED) is 0.586. The fourth-order valence-corrected chi connectivity index (χ4v) is 1.86. The van der Waals surface area contributed by atoms with Gasteiger partial charge in [-0.1, -0.05) is 6.92 Å². The number of carbonyl (C=O) groups is 1. The van der Waals surface area contributed by atoms with Gasteiger partial charge in [-0.2, -0.15) is 0 Å². The summed E-state index contributed by atoms with van der Waals surface area (Å²) in [5.41, 5.74) is -0.613. The summed E-state index contributed by atoms with van der Waals surface area (Å²) >= 11 is 0. The number of hydrogen-bond acceptors (Lipinski definition) is 5. The van der Waals surface area contributed by atoms with Crippen LogP contribution in [0.1, 0.15) is 40.5 Å². The van der Waals surface area contributed by atoms with E-state index >= 15 is 0 Å². The first-order valence-corrected chi connectivity index (χ1v) is 7.49. The third kappa shape index (κ3) is 7.82. The highest BCUT2D eigenvalue weighted by atomic mass is 16.5. The van der Waals surface area contributed by atoms with Crippen molar-refractivity contribution in [1.29, 1.82) is 0 Å². The van der Waals surface area contributed by atoms with Gasteiger partial charge in [-0.25, -0.2) is 0 Å². The number of likely N-dealkylation sites (N-methyl/N-ethyl adjacent to an activating group) is 1. The van der Waals surface area contributed by atoms with Crippen LogP contribution in [0.3, 0.4) is 0 Å². The van der Waals surface area contributed by atoms with Gasteiger partial charge in [-0.3, -0.25) is 4.79 Å². The van der Waals surface area contributed by atoms with Crippen LogP contribution < -0.4 is 5.32 Å². The monoisotopic (exact) mass is 288 g/mol. The summed E-state index contributed by atoms with van der Waals surface area (Å²) in [5, 5.41) is 3.29. The molecule has 0 aromatic carbocycles. The number of ether oxygens (including phenoxy) is 2. The second-order valence-corrected chi connectivity index (χ2v) is 5.72. The summed E-state index contributed by atoms with van der Waals surface area (Å²) < 4.78 is 10.4. The Morgan fingerprint density at radius 2 is 2.00 bits per heavy atom. The van der Waals surface area contributed by atoms with Crippen LogP contribution in [0.25, 0.3) is 0 Å². The van der Waals surface area contributed by atoms with Gasteiger partial charge in [-0.15, -0.1) is 0 Å². The van der Waals surface area contributed by atoms with Crippen LogP contribution in [0.15, 0.2) is 0 Å². The number of methoxy groups -OCH3 is 1. The minimum Gasteiger partial charge on any atom is -0.468 e. The zero-order chi connectivity index (χ0) is 15.6. The highest BCUT2D eigenvalue weighted by Crippen LogP contribution is 2.12. The molecule has 5 heteroatoms. The van der Waals surface area contributed by atoms with Crippen molar-refractivity contribution in [2.24, 2.45) is 0 Å². The van der Waals surface area contributed by atoms with Crippen molar-refractivity contribution in [1.82, 2.24) is 10.2 Å². The molecule has 0 rings (SSSR count). The summed E-state index contributed by atoms with van der Waals surface area (Å²) in [6.45, 7) is 11.3. The van der Waals surface area contributed by atoms with Crippen molar-refractivity contribution in [3.8, 4) is 0 Å². The van der Waals surface area contributed by atoms with Gasteiger partial charge in [0.15, 0.2) is 0 Å². The summed E-state index contributed by atoms with van der Waals surface area (Å²) in [6.07, 6.45) is 1.97. The van der Waals surface area contributed by atoms with Crippen LogP contribution in [-0.2, 0) is 14.3 Å². The maximum absolute atomic E-state index is 11.9. The van der Waals surface area contributed by atoms with Gasteiger partial charge < -0.3 is 19.7 Å². The molecule has 0 aromatic rings. The molecule has 0 saturated heterocycles. The van der Waals surface area contributed by atoms with E-state index in [2.05, 4.69) is 17.1 Å². The standard InChI is InChI=1S/C15H32N2O3/c1-7-9-16-15(4,14(18)19-6)8-10-17(5)11-12-20-13(2)3/h13,16H,7-12H2,1-6H3. The molecule has 1 N–H and O–H groups in total. The van der Waals surface area contributed by atoms with Gasteiger partial charge >= 0.3 is 5.97 Å². The number of nitrogens with zero attached hydrogens (tertiary/aromatic N) is 1. The van der Waals surface area contributed by atoms with Crippen molar-refractivity contribution in [2.75, 3.05) is 40.4 Å². The lowest BCUT2D eigenvalue weighted by atomic mass is 9.97. The average molecular weight is 288 g/mol. The van der Waals surface area contributed by atoms with Crippen molar-refractivity contribution in [3.63, 3.8) is 0 Å². The van der Waals surface area contributed by atoms with Crippen molar-refractivity contribution in [2.45, 2.75) is 52.2 Å². The number of hydrogen-bond donors (Lipinski definition) is 1. The molecule has 1 unspecified atom stereocenters. The van der Waals surface area contributed by atoms with E-state index in [1.54, 1.807) is 0 Å². The van der Waals surface area contributed by atoms with Crippen LogP contribution in [0.2, 0.25) is 0 Å². The van der Waals surface area contributed by atoms with Crippen LogP contribution in [-0.4, -0.2) is 62.9 Å². The highest BCUT2D eigenvalue weighted by molar-refractivity contribution is 5.80. The van der Waals surface area contributed by atoms with Gasteiger partial charge in [0.1, 0.15) is 5.54 Å². The number of nitrogens with one attached hydrogen (secondary N) is 1. The second kappa shape index (κ2) is 10.1. The number of esters is 1. The molecule has 1 atom stereocenters. The topological polar surface area (TPSA) is 50.8 Å². The molecule has 0 amide bonds. The van der Waals surface area contributed by atoms with E-state index in [0.717, 1.165) is 32.5 Å². The maximum Gasteiger partial charge on any atom is 0.325 e. The molecule has 0 heterocycles. The fourth-order valence-electron chi connectivity index (χ4n) is 1.86. The zero-order valence-corrected chi connectivity index (χ0v) is 14.0. The largest absolute Gasteiger partial charge is 0.468 e. The molecule has 0 spiro atoms. The van der Waals surface area contributed by atoms with Gasteiger partial charge in [0.25, 0.3) is 0 Å². The lowest BCUT2D eigenvalue weighted by Crippen LogP contribution is -2.52. The van der Waals surface area contributed by atoms with Crippen molar-refractivity contribution >= 4 is 5.97 Å². The Morgan fingerprint density at radius 3 is 2.50 bits per heavy atom. The molecule has 0 aliphatic rings. The van der Waals surface area contributed by atoms with Crippen LogP contribution >= 0.6 is 0 Å². The van der Waals surface area contributed by atoms with Crippen LogP contribution in [0.4, 0.5) is 0 Å². The molecular weight excluding hydrogens is 256 g/mol. The Kier molecular flexibility index (Phi) is 9.80. The first-order valence-electron chi connectivity index (χ1n) is 7.49. The van der Waals surface area contributed by atoms with Gasteiger partial charge in [0.05, 0.1) is 19.8 Å². The third-order valence-corrected chi connectivity index (χ3v) is 3.32. The molecule has 0 bridgehead atoms. The smallest absolute Gasteiger partial charge is 0.325 e. The van der Waals surface area contributed by atoms with E-state index in [0.29, 0.717) is 6.61 Å². The second-order valence-electron chi connectivity index (χ2n) is 5.72. The Morgan fingerprint density at radius 1 is 1.35 bits per heavy atom. The van der Waals surface area contributed by atoms with E-state index in [4.69, 9.17) is 9.47 Å². The zero-order valence-electron chi connectivity index (χ0n) is 14.0. The van der Waals surface area contributed by atoms with Crippen LogP contribution in [0.5, 0.6) is 0 Å². The third-order valence-electron chi connectivity index (χ3n) is 3.32. The predicted molar refractivity (Wildman–Crippen MR) is 81.9 cm³/mol. The molecule has 0 radical (unpaired) electrons.